The summed E-state index contributed by atoms with van der Waals surface area (Å²) in [5, 5.41) is 5.64. The molecule has 0 aliphatic carbocycles. The molecule has 18 heavy (non-hydrogen) atoms. The molecule has 2 rings (SSSR count). The molecular formula is C13H13FN2OS. The van der Waals surface area contributed by atoms with Crippen LogP contribution in [0.3, 0.4) is 0 Å². The molecule has 0 aliphatic heterocycles. The zero-order valence-corrected chi connectivity index (χ0v) is 10.5. The van der Waals surface area contributed by atoms with Gasteiger partial charge in [-0.1, -0.05) is 18.2 Å². The molecule has 0 saturated carbocycles. The van der Waals surface area contributed by atoms with Crippen molar-refractivity contribution >= 4 is 17.2 Å². The standard InChI is InChI=1S/C13H13FN2OS/c14-11-4-2-1-3-10(11)9-12(17)15-6-5-13-16-7-8-18-13/h1-4,7-8H,5-6,9H2,(H,15,17). The van der Waals surface area contributed by atoms with Gasteiger partial charge in [-0.15, -0.1) is 11.3 Å². The van der Waals surface area contributed by atoms with E-state index in [4.69, 9.17) is 0 Å². The summed E-state index contributed by atoms with van der Waals surface area (Å²) in [7, 11) is 0. The van der Waals surface area contributed by atoms with Crippen LogP contribution in [0.25, 0.3) is 0 Å². The van der Waals surface area contributed by atoms with E-state index in [0.29, 0.717) is 18.5 Å². The van der Waals surface area contributed by atoms with Gasteiger partial charge in [-0.3, -0.25) is 4.79 Å². The second-order valence-corrected chi connectivity index (χ2v) is 4.77. The lowest BCUT2D eigenvalue weighted by Gasteiger charge is -2.04. The molecule has 0 unspecified atom stereocenters. The van der Waals surface area contributed by atoms with E-state index in [9.17, 15) is 9.18 Å². The maximum Gasteiger partial charge on any atom is 0.224 e. The number of halogens is 1. The van der Waals surface area contributed by atoms with Gasteiger partial charge >= 0.3 is 0 Å². The van der Waals surface area contributed by atoms with E-state index < -0.39 is 0 Å². The van der Waals surface area contributed by atoms with E-state index in [0.717, 1.165) is 5.01 Å². The summed E-state index contributed by atoms with van der Waals surface area (Å²) in [6, 6.07) is 6.31. The van der Waals surface area contributed by atoms with E-state index in [1.54, 1.807) is 35.7 Å². The van der Waals surface area contributed by atoms with E-state index >= 15 is 0 Å². The van der Waals surface area contributed by atoms with Crippen molar-refractivity contribution in [1.82, 2.24) is 10.3 Å². The molecule has 0 radical (unpaired) electrons. The van der Waals surface area contributed by atoms with Crippen LogP contribution in [0.5, 0.6) is 0 Å². The molecule has 94 valence electrons. The number of carbonyl (C=O) groups excluding carboxylic acids is 1. The molecule has 0 saturated heterocycles. The Morgan fingerprint density at radius 1 is 1.39 bits per heavy atom. The van der Waals surface area contributed by atoms with Gasteiger partial charge in [0.1, 0.15) is 5.82 Å². The monoisotopic (exact) mass is 264 g/mol. The van der Waals surface area contributed by atoms with Crippen LogP contribution in [-0.4, -0.2) is 17.4 Å². The summed E-state index contributed by atoms with van der Waals surface area (Å²) in [5.41, 5.74) is 0.421. The van der Waals surface area contributed by atoms with Crippen LogP contribution >= 0.6 is 11.3 Å². The van der Waals surface area contributed by atoms with Crippen LogP contribution in [0.4, 0.5) is 4.39 Å². The van der Waals surface area contributed by atoms with Gasteiger partial charge in [-0.2, -0.15) is 0 Å². The van der Waals surface area contributed by atoms with Crippen molar-refractivity contribution in [3.63, 3.8) is 0 Å². The first kappa shape index (κ1) is 12.7. The van der Waals surface area contributed by atoms with Crippen molar-refractivity contribution in [2.24, 2.45) is 0 Å². The van der Waals surface area contributed by atoms with E-state index in [1.807, 2.05) is 5.38 Å². The van der Waals surface area contributed by atoms with Gasteiger partial charge < -0.3 is 5.32 Å². The quantitative estimate of drug-likeness (QED) is 0.899. The fraction of sp³-hybridized carbons (Fsp3) is 0.231. The number of nitrogens with one attached hydrogen (secondary N) is 1. The third-order valence-corrected chi connectivity index (χ3v) is 3.29. The van der Waals surface area contributed by atoms with Gasteiger partial charge in [-0.05, 0) is 11.6 Å². The van der Waals surface area contributed by atoms with E-state index in [2.05, 4.69) is 10.3 Å². The summed E-state index contributed by atoms with van der Waals surface area (Å²) in [5.74, 6) is -0.510. The summed E-state index contributed by atoms with van der Waals surface area (Å²) >= 11 is 1.56. The lowest BCUT2D eigenvalue weighted by Crippen LogP contribution is -2.27. The molecule has 3 nitrogen and oxygen atoms in total. The van der Waals surface area contributed by atoms with Crippen molar-refractivity contribution in [2.75, 3.05) is 6.54 Å². The molecule has 0 fully saturated rings. The number of thiazole rings is 1. The van der Waals surface area contributed by atoms with Gasteiger partial charge in [-0.25, -0.2) is 9.37 Å². The Hall–Kier alpha value is -1.75. The smallest absolute Gasteiger partial charge is 0.224 e. The topological polar surface area (TPSA) is 42.0 Å². The van der Waals surface area contributed by atoms with Crippen LogP contribution in [0.2, 0.25) is 0 Å². The molecule has 5 heteroatoms. The van der Waals surface area contributed by atoms with Gasteiger partial charge in [0.15, 0.2) is 0 Å². The molecule has 1 heterocycles. The Labute approximate surface area is 109 Å². The normalized spacial score (nSPS) is 10.3. The van der Waals surface area contributed by atoms with Crippen molar-refractivity contribution < 1.29 is 9.18 Å². The zero-order chi connectivity index (χ0) is 12.8. The van der Waals surface area contributed by atoms with Crippen LogP contribution in [0.15, 0.2) is 35.8 Å². The molecule has 0 spiro atoms. The maximum absolute atomic E-state index is 13.3. The first-order chi connectivity index (χ1) is 8.75. The predicted molar refractivity (Wildman–Crippen MR) is 68.9 cm³/mol. The second kappa shape index (κ2) is 6.26. The Morgan fingerprint density at radius 2 is 2.22 bits per heavy atom. The number of amides is 1. The maximum atomic E-state index is 13.3. The van der Waals surface area contributed by atoms with E-state index in [-0.39, 0.29) is 18.1 Å². The largest absolute Gasteiger partial charge is 0.355 e. The zero-order valence-electron chi connectivity index (χ0n) is 9.73. The lowest BCUT2D eigenvalue weighted by molar-refractivity contribution is -0.120. The molecular weight excluding hydrogens is 251 g/mol. The Morgan fingerprint density at radius 3 is 2.94 bits per heavy atom. The minimum Gasteiger partial charge on any atom is -0.355 e. The summed E-state index contributed by atoms with van der Waals surface area (Å²) in [6.07, 6.45) is 2.52. The number of carbonyl (C=O) groups is 1. The van der Waals surface area contributed by atoms with Crippen molar-refractivity contribution in [3.05, 3.63) is 52.2 Å². The molecule has 2 aromatic rings. The minimum atomic E-state index is -0.340. The lowest BCUT2D eigenvalue weighted by atomic mass is 10.1. The highest BCUT2D eigenvalue weighted by Crippen LogP contribution is 2.07. The van der Waals surface area contributed by atoms with Crippen molar-refractivity contribution in [3.8, 4) is 0 Å². The molecule has 1 aromatic carbocycles. The Kier molecular flexibility index (Phi) is 4.41. The highest BCUT2D eigenvalue weighted by molar-refractivity contribution is 7.09. The molecule has 1 amide bonds. The summed E-state index contributed by atoms with van der Waals surface area (Å²) in [4.78, 5) is 15.7. The van der Waals surface area contributed by atoms with Gasteiger partial charge in [0, 0.05) is 24.5 Å². The van der Waals surface area contributed by atoms with Crippen LogP contribution < -0.4 is 5.32 Å². The third-order valence-electron chi connectivity index (χ3n) is 2.45. The minimum absolute atomic E-state index is 0.0740. The van der Waals surface area contributed by atoms with Gasteiger partial charge in [0.25, 0.3) is 0 Å². The second-order valence-electron chi connectivity index (χ2n) is 3.79. The first-order valence-electron chi connectivity index (χ1n) is 5.64. The number of hydrogen-bond donors (Lipinski definition) is 1. The molecule has 0 atom stereocenters. The average molecular weight is 264 g/mol. The Balaban J connectivity index is 1.77. The van der Waals surface area contributed by atoms with Crippen molar-refractivity contribution in [1.29, 1.82) is 0 Å². The highest BCUT2D eigenvalue weighted by atomic mass is 32.1. The number of nitrogens with zero attached hydrogens (tertiary/aromatic N) is 1. The SMILES string of the molecule is O=C(Cc1ccccc1F)NCCc1nccs1. The fourth-order valence-electron chi connectivity index (χ4n) is 1.56. The van der Waals surface area contributed by atoms with Crippen LogP contribution in [0.1, 0.15) is 10.6 Å². The number of rotatable bonds is 5. The predicted octanol–water partition coefficient (Wildman–Crippen LogP) is 2.18. The average Bonchev–Trinajstić information content (AvgIpc) is 2.85. The fourth-order valence-corrected chi connectivity index (χ4v) is 2.18. The number of hydrogen-bond acceptors (Lipinski definition) is 3. The van der Waals surface area contributed by atoms with Crippen LogP contribution in [-0.2, 0) is 17.6 Å². The molecule has 1 aromatic heterocycles. The third kappa shape index (κ3) is 3.63. The van der Waals surface area contributed by atoms with Crippen molar-refractivity contribution in [2.45, 2.75) is 12.8 Å². The van der Waals surface area contributed by atoms with Gasteiger partial charge in [0.2, 0.25) is 5.91 Å². The highest BCUT2D eigenvalue weighted by Gasteiger charge is 2.07. The first-order valence-corrected chi connectivity index (χ1v) is 6.52. The molecule has 0 aliphatic rings. The molecule has 0 bridgehead atoms. The number of aromatic nitrogens is 1. The summed E-state index contributed by atoms with van der Waals surface area (Å²) < 4.78 is 13.3. The summed E-state index contributed by atoms with van der Waals surface area (Å²) in [6.45, 7) is 0.529. The Bertz CT molecular complexity index is 513. The van der Waals surface area contributed by atoms with Gasteiger partial charge in [0.05, 0.1) is 11.4 Å². The van der Waals surface area contributed by atoms with Crippen LogP contribution in [0, 0.1) is 5.82 Å². The molecule has 1 N–H and O–H groups in total. The van der Waals surface area contributed by atoms with E-state index in [1.165, 1.54) is 6.07 Å². The number of benzene rings is 1.